The molecule has 23 heavy (non-hydrogen) atoms. The highest BCUT2D eigenvalue weighted by atomic mass is 19.1. The summed E-state index contributed by atoms with van der Waals surface area (Å²) in [5.41, 5.74) is 2.90. The largest absolute Gasteiger partial charge is 0.291 e. The van der Waals surface area contributed by atoms with Crippen molar-refractivity contribution in [3.05, 3.63) is 65.2 Å². The predicted molar refractivity (Wildman–Crippen MR) is 82.3 cm³/mol. The Morgan fingerprint density at radius 2 is 2.09 bits per heavy atom. The lowest BCUT2D eigenvalue weighted by atomic mass is 10.0. The molecular formula is C17H18FN3O2. The lowest BCUT2D eigenvalue weighted by molar-refractivity contribution is 0.0705. The van der Waals surface area contributed by atoms with Gasteiger partial charge in [0.25, 0.3) is 5.91 Å². The van der Waals surface area contributed by atoms with E-state index in [0.717, 1.165) is 18.9 Å². The molecule has 3 rings (SSSR count). The van der Waals surface area contributed by atoms with Crippen LogP contribution >= 0.6 is 0 Å². The first-order valence-electron chi connectivity index (χ1n) is 7.42. The monoisotopic (exact) mass is 315 g/mol. The number of rotatable bonds is 5. The summed E-state index contributed by atoms with van der Waals surface area (Å²) in [6.07, 6.45) is 3.32. The zero-order valence-electron chi connectivity index (χ0n) is 12.8. The molecule has 0 bridgehead atoms. The number of carbonyl (C=O) groups excluding carboxylic acids is 1. The van der Waals surface area contributed by atoms with Gasteiger partial charge in [-0.2, -0.15) is 0 Å². The molecule has 1 saturated carbocycles. The smallest absolute Gasteiger partial charge is 0.276 e. The van der Waals surface area contributed by atoms with Gasteiger partial charge in [0.05, 0.1) is 11.3 Å². The molecule has 0 spiro atoms. The van der Waals surface area contributed by atoms with E-state index < -0.39 is 11.7 Å². The van der Waals surface area contributed by atoms with Crippen LogP contribution in [0.25, 0.3) is 0 Å². The van der Waals surface area contributed by atoms with Crippen molar-refractivity contribution in [1.29, 1.82) is 0 Å². The number of benzene rings is 1. The Kier molecular flexibility index (Phi) is 4.11. The summed E-state index contributed by atoms with van der Waals surface area (Å²) in [5, 5.41) is 8.58. The van der Waals surface area contributed by atoms with Gasteiger partial charge in [-0.3, -0.25) is 19.9 Å². The average Bonchev–Trinajstić information content (AvgIpc) is 3.38. The molecule has 2 aromatic rings. The minimum Gasteiger partial charge on any atom is -0.291 e. The topological polar surface area (TPSA) is 65.5 Å². The molecule has 1 aromatic carbocycles. The third kappa shape index (κ3) is 2.95. The van der Waals surface area contributed by atoms with E-state index in [1.54, 1.807) is 0 Å². The van der Waals surface area contributed by atoms with Crippen molar-refractivity contribution in [3.8, 4) is 0 Å². The van der Waals surface area contributed by atoms with Gasteiger partial charge in [0.15, 0.2) is 0 Å². The first-order chi connectivity index (χ1) is 11.1. The van der Waals surface area contributed by atoms with Gasteiger partial charge in [-0.05, 0) is 31.5 Å². The summed E-state index contributed by atoms with van der Waals surface area (Å²) in [7, 11) is 1.95. The van der Waals surface area contributed by atoms with Crippen molar-refractivity contribution in [1.82, 2.24) is 15.4 Å². The van der Waals surface area contributed by atoms with Gasteiger partial charge in [0.1, 0.15) is 5.82 Å². The average molecular weight is 315 g/mol. The Hall–Kier alpha value is -2.31. The van der Waals surface area contributed by atoms with Crippen LogP contribution in [0.1, 0.15) is 34.5 Å². The van der Waals surface area contributed by atoms with E-state index >= 15 is 0 Å². The fourth-order valence-corrected chi connectivity index (χ4v) is 2.90. The van der Waals surface area contributed by atoms with Gasteiger partial charge in [-0.25, -0.2) is 9.87 Å². The minimum atomic E-state index is -0.778. The molecule has 2 N–H and O–H groups in total. The van der Waals surface area contributed by atoms with E-state index in [1.165, 1.54) is 17.2 Å². The summed E-state index contributed by atoms with van der Waals surface area (Å²) in [6.45, 7) is 0.349. The standard InChI is InChI=1S/C17H18FN3O2/c1-21(17(7-8-17)13-5-3-2-4-6-13)11-15-14(18)9-12(10-19-15)16(22)20-23/h2-6,9-10,23H,7-8,11H2,1H3,(H,20,22). The summed E-state index contributed by atoms with van der Waals surface area (Å²) in [4.78, 5) is 17.4. The molecule has 0 atom stereocenters. The Labute approximate surface area is 133 Å². The molecule has 1 aromatic heterocycles. The number of hydrogen-bond donors (Lipinski definition) is 2. The molecule has 0 radical (unpaired) electrons. The molecule has 0 unspecified atom stereocenters. The molecule has 1 aliphatic carbocycles. The zero-order chi connectivity index (χ0) is 16.4. The van der Waals surface area contributed by atoms with Crippen molar-refractivity contribution in [2.75, 3.05) is 7.05 Å². The van der Waals surface area contributed by atoms with Crippen LogP contribution in [0.15, 0.2) is 42.6 Å². The summed E-state index contributed by atoms with van der Waals surface area (Å²) in [6, 6.07) is 11.2. The van der Waals surface area contributed by atoms with Crippen molar-refractivity contribution >= 4 is 5.91 Å². The molecule has 1 fully saturated rings. The first kappa shape index (κ1) is 15.6. The summed E-state index contributed by atoms with van der Waals surface area (Å²) >= 11 is 0. The number of pyridine rings is 1. The molecular weight excluding hydrogens is 297 g/mol. The van der Waals surface area contributed by atoms with Gasteiger partial charge in [-0.1, -0.05) is 30.3 Å². The third-order valence-corrected chi connectivity index (χ3v) is 4.43. The molecule has 120 valence electrons. The van der Waals surface area contributed by atoms with Crippen LogP contribution in [0.2, 0.25) is 0 Å². The zero-order valence-corrected chi connectivity index (χ0v) is 12.8. The second-order valence-corrected chi connectivity index (χ2v) is 5.85. The van der Waals surface area contributed by atoms with Crippen LogP contribution in [0.3, 0.4) is 0 Å². The second-order valence-electron chi connectivity index (χ2n) is 5.85. The lowest BCUT2D eigenvalue weighted by Gasteiger charge is -2.28. The number of hydrogen-bond acceptors (Lipinski definition) is 4. The number of carbonyl (C=O) groups is 1. The number of nitrogens with zero attached hydrogens (tertiary/aromatic N) is 2. The summed E-state index contributed by atoms with van der Waals surface area (Å²) < 4.78 is 14.2. The Morgan fingerprint density at radius 3 is 2.65 bits per heavy atom. The van der Waals surface area contributed by atoms with Crippen molar-refractivity contribution in [2.45, 2.75) is 24.9 Å². The predicted octanol–water partition coefficient (Wildman–Crippen LogP) is 2.46. The molecule has 6 heteroatoms. The van der Waals surface area contributed by atoms with Crippen LogP contribution < -0.4 is 5.48 Å². The highest BCUT2D eigenvalue weighted by Crippen LogP contribution is 2.50. The van der Waals surface area contributed by atoms with Gasteiger partial charge in [-0.15, -0.1) is 0 Å². The highest BCUT2D eigenvalue weighted by molar-refractivity contribution is 5.92. The van der Waals surface area contributed by atoms with E-state index in [4.69, 9.17) is 5.21 Å². The van der Waals surface area contributed by atoms with Crippen molar-refractivity contribution in [3.63, 3.8) is 0 Å². The maximum absolute atomic E-state index is 14.2. The number of nitrogens with one attached hydrogen (secondary N) is 1. The van der Waals surface area contributed by atoms with Crippen molar-refractivity contribution in [2.24, 2.45) is 0 Å². The second kappa shape index (κ2) is 6.06. The van der Waals surface area contributed by atoms with E-state index in [9.17, 15) is 9.18 Å². The fourth-order valence-electron chi connectivity index (χ4n) is 2.90. The minimum absolute atomic E-state index is 0.0133. The van der Waals surface area contributed by atoms with E-state index in [-0.39, 0.29) is 16.8 Å². The van der Waals surface area contributed by atoms with Gasteiger partial charge >= 0.3 is 0 Å². The molecule has 1 aliphatic rings. The van der Waals surface area contributed by atoms with Crippen LogP contribution in [-0.2, 0) is 12.1 Å². The Balaban J connectivity index is 1.78. The van der Waals surface area contributed by atoms with Crippen LogP contribution in [0.4, 0.5) is 4.39 Å². The highest BCUT2D eigenvalue weighted by Gasteiger charge is 2.47. The van der Waals surface area contributed by atoms with Gasteiger partial charge in [0.2, 0.25) is 0 Å². The van der Waals surface area contributed by atoms with Gasteiger partial charge < -0.3 is 0 Å². The SMILES string of the molecule is CN(Cc1ncc(C(=O)NO)cc1F)C1(c2ccccc2)CC1. The van der Waals surface area contributed by atoms with Crippen LogP contribution in [-0.4, -0.2) is 28.0 Å². The molecule has 1 heterocycles. The van der Waals surface area contributed by atoms with Gasteiger partial charge in [0, 0.05) is 18.3 Å². The normalized spacial score (nSPS) is 15.5. The lowest BCUT2D eigenvalue weighted by Crippen LogP contribution is -2.32. The maximum atomic E-state index is 14.2. The quantitative estimate of drug-likeness (QED) is 0.657. The van der Waals surface area contributed by atoms with Crippen LogP contribution in [0, 0.1) is 5.82 Å². The number of halogens is 1. The van der Waals surface area contributed by atoms with E-state index in [2.05, 4.69) is 22.0 Å². The molecule has 5 nitrogen and oxygen atoms in total. The number of amides is 1. The van der Waals surface area contributed by atoms with Crippen LogP contribution in [0.5, 0.6) is 0 Å². The summed E-state index contributed by atoms with van der Waals surface area (Å²) in [5.74, 6) is -1.33. The fraction of sp³-hybridized carbons (Fsp3) is 0.294. The Morgan fingerprint density at radius 1 is 1.39 bits per heavy atom. The van der Waals surface area contributed by atoms with E-state index in [1.807, 2.05) is 25.2 Å². The van der Waals surface area contributed by atoms with Crippen molar-refractivity contribution < 1.29 is 14.4 Å². The number of aromatic nitrogens is 1. The molecule has 0 aliphatic heterocycles. The number of hydroxylamine groups is 1. The Bertz CT molecular complexity index is 717. The molecule has 1 amide bonds. The first-order valence-corrected chi connectivity index (χ1v) is 7.42. The third-order valence-electron chi connectivity index (χ3n) is 4.43. The maximum Gasteiger partial charge on any atom is 0.276 e. The molecule has 0 saturated heterocycles. The van der Waals surface area contributed by atoms with E-state index in [0.29, 0.717) is 6.54 Å².